The number of ether oxygens (including phenoxy) is 1. The molecule has 0 fully saturated rings. The molecule has 0 aliphatic carbocycles. The van der Waals surface area contributed by atoms with Gasteiger partial charge in [-0.15, -0.1) is 0 Å². The molecule has 0 saturated carbocycles. The average molecular weight is 255 g/mol. The lowest BCUT2D eigenvalue weighted by molar-refractivity contribution is 0.444. The predicted molar refractivity (Wildman–Crippen MR) is 70.4 cm³/mol. The van der Waals surface area contributed by atoms with Crippen molar-refractivity contribution in [1.82, 2.24) is 9.97 Å². The molecular formula is C14H10FN3O. The number of fused-ring (bicyclic) bond motifs is 1. The summed E-state index contributed by atoms with van der Waals surface area (Å²) in [5, 5.41) is 0.756. The minimum atomic E-state index is -0.343. The van der Waals surface area contributed by atoms with Crippen molar-refractivity contribution < 1.29 is 9.13 Å². The zero-order chi connectivity index (χ0) is 13.2. The first-order valence-electron chi connectivity index (χ1n) is 5.66. The van der Waals surface area contributed by atoms with E-state index >= 15 is 0 Å². The topological polar surface area (TPSA) is 61.0 Å². The zero-order valence-electron chi connectivity index (χ0n) is 9.88. The largest absolute Gasteiger partial charge is 0.424 e. The molecule has 0 bridgehead atoms. The molecule has 0 saturated heterocycles. The monoisotopic (exact) mass is 255 g/mol. The Morgan fingerprint density at radius 3 is 2.63 bits per heavy atom. The molecule has 2 aromatic carbocycles. The highest BCUT2D eigenvalue weighted by Crippen LogP contribution is 2.21. The van der Waals surface area contributed by atoms with Crippen molar-refractivity contribution in [2.24, 2.45) is 0 Å². The van der Waals surface area contributed by atoms with Crippen LogP contribution < -0.4 is 10.5 Å². The molecule has 19 heavy (non-hydrogen) atoms. The number of hydrogen-bond donors (Lipinski definition) is 1. The van der Waals surface area contributed by atoms with Gasteiger partial charge in [0.25, 0.3) is 0 Å². The van der Waals surface area contributed by atoms with Gasteiger partial charge in [-0.3, -0.25) is 0 Å². The van der Waals surface area contributed by atoms with E-state index in [-0.39, 0.29) is 11.8 Å². The van der Waals surface area contributed by atoms with Crippen LogP contribution in [0.4, 0.5) is 10.1 Å². The second-order valence-electron chi connectivity index (χ2n) is 4.03. The summed E-state index contributed by atoms with van der Waals surface area (Å²) in [5.41, 5.74) is 6.73. The van der Waals surface area contributed by atoms with Gasteiger partial charge in [0.05, 0.1) is 5.52 Å². The fourth-order valence-electron chi connectivity index (χ4n) is 1.67. The Hall–Kier alpha value is -2.69. The van der Waals surface area contributed by atoms with E-state index in [1.165, 1.54) is 12.1 Å². The van der Waals surface area contributed by atoms with Crippen molar-refractivity contribution in [3.05, 3.63) is 54.5 Å². The molecule has 94 valence electrons. The van der Waals surface area contributed by atoms with E-state index in [9.17, 15) is 4.39 Å². The van der Waals surface area contributed by atoms with Gasteiger partial charge in [0.2, 0.25) is 0 Å². The number of nitrogens with two attached hydrogens (primary N) is 1. The standard InChI is InChI=1S/C14H10FN3O/c15-10-2-1-9-8-17-14(18-13(9)7-10)19-12-5-3-11(16)4-6-12/h1-8H,16H2. The van der Waals surface area contributed by atoms with Crippen LogP contribution >= 0.6 is 0 Å². The maximum Gasteiger partial charge on any atom is 0.322 e. The van der Waals surface area contributed by atoms with Crippen LogP contribution in [0.2, 0.25) is 0 Å². The number of hydrogen-bond acceptors (Lipinski definition) is 4. The molecule has 0 radical (unpaired) electrons. The Labute approximate surface area is 108 Å². The van der Waals surface area contributed by atoms with E-state index in [4.69, 9.17) is 10.5 Å². The summed E-state index contributed by atoms with van der Waals surface area (Å²) in [7, 11) is 0. The van der Waals surface area contributed by atoms with Crippen molar-refractivity contribution in [1.29, 1.82) is 0 Å². The fourth-order valence-corrected chi connectivity index (χ4v) is 1.67. The van der Waals surface area contributed by atoms with Gasteiger partial charge in [-0.25, -0.2) is 9.37 Å². The maximum absolute atomic E-state index is 13.1. The lowest BCUT2D eigenvalue weighted by atomic mass is 10.2. The van der Waals surface area contributed by atoms with Crippen LogP contribution in [0.5, 0.6) is 11.8 Å². The number of anilines is 1. The van der Waals surface area contributed by atoms with Crippen LogP contribution in [0.15, 0.2) is 48.7 Å². The first-order chi connectivity index (χ1) is 9.20. The summed E-state index contributed by atoms with van der Waals surface area (Å²) >= 11 is 0. The second-order valence-corrected chi connectivity index (χ2v) is 4.03. The number of nitrogens with zero attached hydrogens (tertiary/aromatic N) is 2. The third-order valence-corrected chi connectivity index (χ3v) is 2.61. The summed E-state index contributed by atoms with van der Waals surface area (Å²) in [6.07, 6.45) is 1.59. The Balaban J connectivity index is 1.94. The summed E-state index contributed by atoms with van der Waals surface area (Å²) in [4.78, 5) is 8.22. The second kappa shape index (κ2) is 4.53. The van der Waals surface area contributed by atoms with Crippen molar-refractivity contribution in [3.63, 3.8) is 0 Å². The minimum Gasteiger partial charge on any atom is -0.424 e. The third kappa shape index (κ3) is 2.44. The van der Waals surface area contributed by atoms with E-state index in [1.54, 1.807) is 36.5 Å². The minimum absolute atomic E-state index is 0.169. The lowest BCUT2D eigenvalue weighted by Gasteiger charge is -2.04. The summed E-state index contributed by atoms with van der Waals surface area (Å²) in [6.45, 7) is 0. The Morgan fingerprint density at radius 1 is 1.05 bits per heavy atom. The Morgan fingerprint density at radius 2 is 1.84 bits per heavy atom. The van der Waals surface area contributed by atoms with E-state index in [2.05, 4.69) is 9.97 Å². The van der Waals surface area contributed by atoms with Gasteiger partial charge in [-0.05, 0) is 36.4 Å². The van der Waals surface area contributed by atoms with Gasteiger partial charge in [0, 0.05) is 23.3 Å². The molecule has 0 amide bonds. The smallest absolute Gasteiger partial charge is 0.322 e. The molecule has 3 rings (SSSR count). The first-order valence-corrected chi connectivity index (χ1v) is 5.66. The molecule has 0 aliphatic heterocycles. The maximum atomic E-state index is 13.1. The molecule has 1 aromatic heterocycles. The van der Waals surface area contributed by atoms with Gasteiger partial charge in [-0.1, -0.05) is 0 Å². The van der Waals surface area contributed by atoms with Gasteiger partial charge in [-0.2, -0.15) is 4.98 Å². The number of benzene rings is 2. The molecule has 4 nitrogen and oxygen atoms in total. The van der Waals surface area contributed by atoms with Gasteiger partial charge < -0.3 is 10.5 Å². The van der Waals surface area contributed by atoms with E-state index in [1.807, 2.05) is 0 Å². The number of nitrogen functional groups attached to an aromatic ring is 1. The summed E-state index contributed by atoms with van der Waals surface area (Å²) in [5.74, 6) is 0.231. The van der Waals surface area contributed by atoms with E-state index in [0.29, 0.717) is 17.0 Å². The van der Waals surface area contributed by atoms with Crippen molar-refractivity contribution in [2.45, 2.75) is 0 Å². The third-order valence-electron chi connectivity index (χ3n) is 2.61. The molecule has 2 N–H and O–H groups in total. The number of rotatable bonds is 2. The van der Waals surface area contributed by atoms with Crippen LogP contribution in [-0.4, -0.2) is 9.97 Å². The van der Waals surface area contributed by atoms with Gasteiger partial charge in [0.1, 0.15) is 11.6 Å². The summed E-state index contributed by atoms with van der Waals surface area (Å²) < 4.78 is 18.6. The van der Waals surface area contributed by atoms with E-state index in [0.717, 1.165) is 5.39 Å². The molecule has 1 heterocycles. The fraction of sp³-hybridized carbons (Fsp3) is 0. The average Bonchev–Trinajstić information content (AvgIpc) is 2.41. The van der Waals surface area contributed by atoms with Crippen molar-refractivity contribution >= 4 is 16.6 Å². The lowest BCUT2D eigenvalue weighted by Crippen LogP contribution is -1.93. The normalized spacial score (nSPS) is 10.6. The highest BCUT2D eigenvalue weighted by molar-refractivity contribution is 5.77. The van der Waals surface area contributed by atoms with Crippen LogP contribution in [-0.2, 0) is 0 Å². The first kappa shape index (κ1) is 11.4. The van der Waals surface area contributed by atoms with Crippen molar-refractivity contribution in [3.8, 4) is 11.8 Å². The van der Waals surface area contributed by atoms with E-state index < -0.39 is 0 Å². The Bertz CT molecular complexity index is 728. The van der Waals surface area contributed by atoms with Crippen LogP contribution in [0, 0.1) is 5.82 Å². The van der Waals surface area contributed by atoms with Crippen LogP contribution in [0.3, 0.4) is 0 Å². The molecule has 0 spiro atoms. The van der Waals surface area contributed by atoms with Crippen molar-refractivity contribution in [2.75, 3.05) is 5.73 Å². The highest BCUT2D eigenvalue weighted by atomic mass is 19.1. The molecule has 0 aliphatic rings. The highest BCUT2D eigenvalue weighted by Gasteiger charge is 2.03. The zero-order valence-corrected chi connectivity index (χ0v) is 9.88. The molecule has 5 heteroatoms. The van der Waals surface area contributed by atoms with Crippen LogP contribution in [0.1, 0.15) is 0 Å². The molecule has 0 atom stereocenters. The van der Waals surface area contributed by atoms with Gasteiger partial charge in [0.15, 0.2) is 0 Å². The summed E-state index contributed by atoms with van der Waals surface area (Å²) in [6, 6.07) is 11.4. The van der Waals surface area contributed by atoms with Gasteiger partial charge >= 0.3 is 6.01 Å². The molecule has 3 aromatic rings. The number of aromatic nitrogens is 2. The molecular weight excluding hydrogens is 245 g/mol. The predicted octanol–water partition coefficient (Wildman–Crippen LogP) is 3.14. The SMILES string of the molecule is Nc1ccc(Oc2ncc3ccc(F)cc3n2)cc1. The van der Waals surface area contributed by atoms with Crippen LogP contribution in [0.25, 0.3) is 10.9 Å². The Kier molecular flexibility index (Phi) is 2.72. The number of halogens is 1. The molecule has 0 unspecified atom stereocenters. The quantitative estimate of drug-likeness (QED) is 0.714.